The van der Waals surface area contributed by atoms with E-state index in [0.717, 1.165) is 16.0 Å². The molecule has 28 heavy (non-hydrogen) atoms. The van der Waals surface area contributed by atoms with Crippen molar-refractivity contribution in [3.05, 3.63) is 41.7 Å². The van der Waals surface area contributed by atoms with Crippen LogP contribution in [0.4, 0.5) is 23.7 Å². The second-order valence-corrected chi connectivity index (χ2v) is 6.91. The first kappa shape index (κ1) is 19.7. The van der Waals surface area contributed by atoms with E-state index in [1.165, 1.54) is 0 Å². The Hall–Kier alpha value is -3.04. The topological polar surface area (TPSA) is 87.5 Å². The maximum absolute atomic E-state index is 13.1. The van der Waals surface area contributed by atoms with Gasteiger partial charge in [0.1, 0.15) is 0 Å². The number of urea groups is 1. The minimum atomic E-state index is -4.70. The molecular weight excluding hydrogens is 377 g/mol. The largest absolute Gasteiger partial charge is 0.481 e. The molecule has 1 fully saturated rings. The first-order valence-electron chi connectivity index (χ1n) is 8.54. The lowest BCUT2D eigenvalue weighted by atomic mass is 9.96. The highest BCUT2D eigenvalue weighted by Gasteiger charge is 2.53. The number of aryl methyl sites for hydroxylation is 2. The molecule has 0 bridgehead atoms. The molecule has 0 aliphatic carbocycles. The van der Waals surface area contributed by atoms with Gasteiger partial charge in [-0.1, -0.05) is 6.07 Å². The molecule has 1 aliphatic heterocycles. The van der Waals surface area contributed by atoms with E-state index >= 15 is 0 Å². The number of aromatic nitrogens is 2. The van der Waals surface area contributed by atoms with E-state index in [4.69, 9.17) is 5.11 Å². The molecule has 150 valence electrons. The van der Waals surface area contributed by atoms with Gasteiger partial charge in [0.05, 0.1) is 29.4 Å². The zero-order chi connectivity index (χ0) is 20.6. The lowest BCUT2D eigenvalue weighted by Crippen LogP contribution is -2.35. The molecule has 2 heterocycles. The number of nitrogens with zero attached hydrogens (tertiary/aromatic N) is 3. The van der Waals surface area contributed by atoms with Gasteiger partial charge >= 0.3 is 18.2 Å². The van der Waals surface area contributed by atoms with Crippen LogP contribution in [-0.2, 0) is 4.79 Å². The number of amides is 2. The molecule has 7 nitrogen and oxygen atoms in total. The number of nitrogens with one attached hydrogen (secondary N) is 1. The van der Waals surface area contributed by atoms with Crippen LogP contribution in [0.25, 0.3) is 5.69 Å². The molecule has 0 saturated carbocycles. The third-order valence-electron chi connectivity index (χ3n) is 4.70. The number of carboxylic acids is 1. The van der Waals surface area contributed by atoms with Gasteiger partial charge in [-0.15, -0.1) is 0 Å². The van der Waals surface area contributed by atoms with Gasteiger partial charge in [0.15, 0.2) is 0 Å². The van der Waals surface area contributed by atoms with E-state index in [9.17, 15) is 22.8 Å². The average Bonchev–Trinajstić information content (AvgIpc) is 3.21. The van der Waals surface area contributed by atoms with Gasteiger partial charge in [0.2, 0.25) is 0 Å². The van der Waals surface area contributed by atoms with E-state index < -0.39 is 43.1 Å². The maximum Gasteiger partial charge on any atom is 0.394 e. The Morgan fingerprint density at radius 2 is 1.93 bits per heavy atom. The van der Waals surface area contributed by atoms with E-state index in [-0.39, 0.29) is 0 Å². The van der Waals surface area contributed by atoms with E-state index in [1.54, 1.807) is 29.2 Å². The molecule has 1 aromatic carbocycles. The Bertz CT molecular complexity index is 910. The fraction of sp³-hybridized carbons (Fsp3) is 0.389. The minimum Gasteiger partial charge on any atom is -0.481 e. The molecular formula is C18H19F3N4O3. The Morgan fingerprint density at radius 1 is 1.21 bits per heavy atom. The van der Waals surface area contributed by atoms with Gasteiger partial charge in [-0.25, -0.2) is 9.48 Å². The predicted molar refractivity (Wildman–Crippen MR) is 94.3 cm³/mol. The summed E-state index contributed by atoms with van der Waals surface area (Å²) in [5.74, 6) is -5.35. The number of likely N-dealkylation sites (tertiary alicyclic amines) is 1. The molecule has 1 saturated heterocycles. The smallest absolute Gasteiger partial charge is 0.394 e. The highest BCUT2D eigenvalue weighted by molar-refractivity contribution is 5.92. The molecule has 2 amide bonds. The fourth-order valence-electron chi connectivity index (χ4n) is 3.24. The molecule has 10 heteroatoms. The van der Waals surface area contributed by atoms with Crippen LogP contribution in [0.3, 0.4) is 0 Å². The van der Waals surface area contributed by atoms with Gasteiger partial charge in [-0.2, -0.15) is 18.3 Å². The maximum atomic E-state index is 13.1. The van der Waals surface area contributed by atoms with Crippen molar-refractivity contribution in [2.75, 3.05) is 18.4 Å². The minimum absolute atomic E-state index is 0.371. The van der Waals surface area contributed by atoms with Crippen molar-refractivity contribution < 1.29 is 27.9 Å². The Labute approximate surface area is 158 Å². The standard InChI is InChI=1S/C18H19F3N4O3/c1-10-3-4-15(25-7-11(2)6-22-25)14(5-10)23-17(28)24-8-12(16(26)27)13(9-24)18(19,20)21/h3-7,12-13H,8-9H2,1-2H3,(H,23,28)(H,26,27)/t12-,13-/m1/s1. The number of hydrogen-bond acceptors (Lipinski definition) is 3. The van der Waals surface area contributed by atoms with Crippen LogP contribution in [0.15, 0.2) is 30.6 Å². The summed E-state index contributed by atoms with van der Waals surface area (Å²) in [6, 6.07) is 4.45. The van der Waals surface area contributed by atoms with E-state index in [0.29, 0.717) is 11.4 Å². The summed E-state index contributed by atoms with van der Waals surface area (Å²) in [4.78, 5) is 24.7. The van der Waals surface area contributed by atoms with Crippen molar-refractivity contribution in [1.82, 2.24) is 14.7 Å². The number of alkyl halides is 3. The normalized spacial score (nSPS) is 19.7. The van der Waals surface area contributed by atoms with Crippen LogP contribution in [0.1, 0.15) is 11.1 Å². The second-order valence-electron chi connectivity index (χ2n) is 6.91. The molecule has 0 spiro atoms. The summed E-state index contributed by atoms with van der Waals surface area (Å²) in [6.45, 7) is 2.45. The summed E-state index contributed by atoms with van der Waals surface area (Å²) in [5.41, 5.74) is 2.65. The summed E-state index contributed by atoms with van der Waals surface area (Å²) in [5, 5.41) is 15.9. The highest BCUT2D eigenvalue weighted by atomic mass is 19.4. The van der Waals surface area contributed by atoms with Crippen LogP contribution in [-0.4, -0.2) is 51.1 Å². The van der Waals surface area contributed by atoms with Gasteiger partial charge in [0, 0.05) is 19.3 Å². The lowest BCUT2D eigenvalue weighted by molar-refractivity contribution is -0.187. The van der Waals surface area contributed by atoms with Gasteiger partial charge < -0.3 is 15.3 Å². The Balaban J connectivity index is 1.84. The van der Waals surface area contributed by atoms with Crippen molar-refractivity contribution in [2.24, 2.45) is 11.8 Å². The Kier molecular flexibility index (Phi) is 5.05. The number of aliphatic carboxylic acids is 1. The Morgan fingerprint density at radius 3 is 2.46 bits per heavy atom. The van der Waals surface area contributed by atoms with Crippen molar-refractivity contribution in [1.29, 1.82) is 0 Å². The van der Waals surface area contributed by atoms with E-state index in [1.807, 2.05) is 19.9 Å². The van der Waals surface area contributed by atoms with Crippen molar-refractivity contribution in [3.63, 3.8) is 0 Å². The molecule has 2 N–H and O–H groups in total. The van der Waals surface area contributed by atoms with Gasteiger partial charge in [0.25, 0.3) is 0 Å². The zero-order valence-corrected chi connectivity index (χ0v) is 15.2. The molecule has 3 rings (SSSR count). The first-order chi connectivity index (χ1) is 13.1. The summed E-state index contributed by atoms with van der Waals surface area (Å²) >= 11 is 0. The SMILES string of the molecule is Cc1ccc(-n2cc(C)cn2)c(NC(=O)N2C[C@@H](C(F)(F)F)[C@H](C(=O)O)C2)c1. The molecule has 0 unspecified atom stereocenters. The fourth-order valence-corrected chi connectivity index (χ4v) is 3.24. The number of carbonyl (C=O) groups excluding carboxylic acids is 1. The third kappa shape index (κ3) is 3.95. The van der Waals surface area contributed by atoms with E-state index in [2.05, 4.69) is 10.4 Å². The molecule has 2 aromatic rings. The number of rotatable bonds is 3. The summed E-state index contributed by atoms with van der Waals surface area (Å²) < 4.78 is 41.0. The number of hydrogen-bond donors (Lipinski definition) is 2. The number of anilines is 1. The van der Waals surface area contributed by atoms with Crippen LogP contribution < -0.4 is 5.32 Å². The summed E-state index contributed by atoms with van der Waals surface area (Å²) in [7, 11) is 0. The van der Waals surface area contributed by atoms with Crippen molar-refractivity contribution in [3.8, 4) is 5.69 Å². The van der Waals surface area contributed by atoms with Gasteiger partial charge in [-0.05, 0) is 37.1 Å². The van der Waals surface area contributed by atoms with Crippen LogP contribution >= 0.6 is 0 Å². The number of carboxylic acid groups (broad SMARTS) is 1. The first-order valence-corrected chi connectivity index (χ1v) is 8.54. The van der Waals surface area contributed by atoms with Crippen LogP contribution in [0.2, 0.25) is 0 Å². The lowest BCUT2D eigenvalue weighted by Gasteiger charge is -2.20. The number of benzene rings is 1. The quantitative estimate of drug-likeness (QED) is 0.834. The van der Waals surface area contributed by atoms with Crippen molar-refractivity contribution in [2.45, 2.75) is 20.0 Å². The predicted octanol–water partition coefficient (Wildman–Crippen LogP) is 3.22. The van der Waals surface area contributed by atoms with Crippen molar-refractivity contribution >= 4 is 17.7 Å². The monoisotopic (exact) mass is 396 g/mol. The number of carbonyl (C=O) groups is 2. The van der Waals surface area contributed by atoms with Crippen LogP contribution in [0, 0.1) is 25.7 Å². The van der Waals surface area contributed by atoms with Gasteiger partial charge in [-0.3, -0.25) is 4.79 Å². The zero-order valence-electron chi connectivity index (χ0n) is 15.2. The molecule has 2 atom stereocenters. The molecule has 1 aromatic heterocycles. The number of halogens is 3. The molecule has 1 aliphatic rings. The highest BCUT2D eigenvalue weighted by Crippen LogP contribution is 2.38. The molecule has 0 radical (unpaired) electrons. The second kappa shape index (κ2) is 7.17. The average molecular weight is 396 g/mol. The summed E-state index contributed by atoms with van der Waals surface area (Å²) in [6.07, 6.45) is -1.31. The third-order valence-corrected chi connectivity index (χ3v) is 4.70. The van der Waals surface area contributed by atoms with Crippen LogP contribution in [0.5, 0.6) is 0 Å².